The van der Waals surface area contributed by atoms with Gasteiger partial charge in [0, 0.05) is 32.2 Å². The van der Waals surface area contributed by atoms with Crippen molar-refractivity contribution in [2.24, 2.45) is 0 Å². The zero-order valence-corrected chi connectivity index (χ0v) is 18.2. The van der Waals surface area contributed by atoms with E-state index in [9.17, 15) is 23.2 Å². The molecule has 1 unspecified atom stereocenters. The molecule has 7 nitrogen and oxygen atoms in total. The van der Waals surface area contributed by atoms with Crippen LogP contribution < -0.4 is 0 Å². The Balaban J connectivity index is 1.78. The second-order valence-corrected chi connectivity index (χ2v) is 7.85. The maximum Gasteiger partial charge on any atom is 0.410 e. The van der Waals surface area contributed by atoms with Gasteiger partial charge in [0.05, 0.1) is 17.7 Å². The molecule has 1 atom stereocenters. The number of cyclic esters (lactones) is 1. The van der Waals surface area contributed by atoms with Gasteiger partial charge in [0.15, 0.2) is 0 Å². The Morgan fingerprint density at radius 1 is 1.06 bits per heavy atom. The second-order valence-electron chi connectivity index (χ2n) is 7.85. The van der Waals surface area contributed by atoms with Crippen LogP contribution in [-0.4, -0.2) is 77.5 Å². The van der Waals surface area contributed by atoms with Crippen molar-refractivity contribution in [3.8, 4) is 0 Å². The van der Waals surface area contributed by atoms with Crippen molar-refractivity contribution >= 4 is 17.9 Å². The fourth-order valence-corrected chi connectivity index (χ4v) is 4.23. The van der Waals surface area contributed by atoms with E-state index in [1.165, 1.54) is 9.80 Å². The molecule has 2 fully saturated rings. The first-order valence-electron chi connectivity index (χ1n) is 10.9. The van der Waals surface area contributed by atoms with Gasteiger partial charge in [0.2, 0.25) is 0 Å². The molecule has 0 aromatic heterocycles. The standard InChI is InChI=1S/C22H29F2N3O4/c1-4-15-13-27(22(30)31-15)14-9-11-26(12-10-14)21(29)19-17(24)8-7-16(23)18(19)20(28)25(5-2)6-3/h7-8,14-15H,4-6,9-13H2,1-3H3. The number of ether oxygens (including phenoxy) is 1. The zero-order chi connectivity index (χ0) is 22.7. The number of hydrogen-bond acceptors (Lipinski definition) is 4. The molecule has 170 valence electrons. The molecule has 0 aliphatic carbocycles. The fraction of sp³-hybridized carbons (Fsp3) is 0.591. The maximum atomic E-state index is 14.7. The Morgan fingerprint density at radius 3 is 2.16 bits per heavy atom. The molecular weight excluding hydrogens is 408 g/mol. The molecule has 0 saturated carbocycles. The number of hydrogen-bond donors (Lipinski definition) is 0. The highest BCUT2D eigenvalue weighted by molar-refractivity contribution is 6.07. The normalized spacial score (nSPS) is 19.5. The van der Waals surface area contributed by atoms with E-state index in [1.54, 1.807) is 18.7 Å². The largest absolute Gasteiger partial charge is 0.444 e. The number of carbonyl (C=O) groups is 3. The smallest absolute Gasteiger partial charge is 0.410 e. The lowest BCUT2D eigenvalue weighted by Crippen LogP contribution is -2.47. The zero-order valence-electron chi connectivity index (χ0n) is 18.2. The van der Waals surface area contributed by atoms with Gasteiger partial charge in [0.25, 0.3) is 11.8 Å². The highest BCUT2D eigenvalue weighted by atomic mass is 19.1. The Hall–Kier alpha value is -2.71. The number of amides is 3. The summed E-state index contributed by atoms with van der Waals surface area (Å²) < 4.78 is 34.6. The molecule has 9 heteroatoms. The summed E-state index contributed by atoms with van der Waals surface area (Å²) in [6.07, 6.45) is 1.28. The Morgan fingerprint density at radius 2 is 1.65 bits per heavy atom. The number of piperidine rings is 1. The molecule has 0 bridgehead atoms. The predicted molar refractivity (Wildman–Crippen MR) is 110 cm³/mol. The third kappa shape index (κ3) is 4.50. The third-order valence-electron chi connectivity index (χ3n) is 6.13. The highest BCUT2D eigenvalue weighted by Gasteiger charge is 2.38. The third-order valence-corrected chi connectivity index (χ3v) is 6.13. The summed E-state index contributed by atoms with van der Waals surface area (Å²) in [5.41, 5.74) is -1.05. The molecule has 2 heterocycles. The SMILES string of the molecule is CCC1CN(C2CCN(C(=O)c3c(F)ccc(F)c3C(=O)N(CC)CC)CC2)C(=O)O1. The van der Waals surface area contributed by atoms with Gasteiger partial charge in [-0.25, -0.2) is 13.6 Å². The quantitative estimate of drug-likeness (QED) is 0.685. The minimum absolute atomic E-state index is 0.0674. The molecule has 2 aliphatic rings. The van der Waals surface area contributed by atoms with Crippen LogP contribution >= 0.6 is 0 Å². The van der Waals surface area contributed by atoms with Crippen molar-refractivity contribution in [3.63, 3.8) is 0 Å². The van der Waals surface area contributed by atoms with Crippen LogP contribution in [0.4, 0.5) is 13.6 Å². The minimum Gasteiger partial charge on any atom is -0.444 e. The van der Waals surface area contributed by atoms with Crippen LogP contribution in [0.15, 0.2) is 12.1 Å². The molecule has 31 heavy (non-hydrogen) atoms. The number of benzene rings is 1. The average molecular weight is 437 g/mol. The molecular formula is C22H29F2N3O4. The van der Waals surface area contributed by atoms with Crippen LogP contribution in [0.5, 0.6) is 0 Å². The van der Waals surface area contributed by atoms with Crippen LogP contribution in [0, 0.1) is 11.6 Å². The topological polar surface area (TPSA) is 70.2 Å². The first kappa shape index (κ1) is 23.0. The summed E-state index contributed by atoms with van der Waals surface area (Å²) in [7, 11) is 0. The molecule has 1 aromatic rings. The van der Waals surface area contributed by atoms with E-state index >= 15 is 0 Å². The predicted octanol–water partition coefficient (Wildman–Crippen LogP) is 3.28. The van der Waals surface area contributed by atoms with Crippen molar-refractivity contribution in [3.05, 3.63) is 34.9 Å². The molecule has 1 aromatic carbocycles. The minimum atomic E-state index is -0.919. The van der Waals surface area contributed by atoms with Crippen molar-refractivity contribution in [1.29, 1.82) is 0 Å². The molecule has 0 N–H and O–H groups in total. The average Bonchev–Trinajstić information content (AvgIpc) is 3.16. The molecule has 3 rings (SSSR count). The van der Waals surface area contributed by atoms with Crippen LogP contribution in [-0.2, 0) is 4.74 Å². The van der Waals surface area contributed by atoms with Crippen LogP contribution in [0.25, 0.3) is 0 Å². The lowest BCUT2D eigenvalue weighted by molar-refractivity contribution is 0.0639. The highest BCUT2D eigenvalue weighted by Crippen LogP contribution is 2.27. The number of carbonyl (C=O) groups excluding carboxylic acids is 3. The van der Waals surface area contributed by atoms with Crippen molar-refractivity contribution in [2.45, 2.75) is 52.2 Å². The molecule has 0 radical (unpaired) electrons. The van der Waals surface area contributed by atoms with E-state index in [0.717, 1.165) is 18.6 Å². The van der Waals surface area contributed by atoms with E-state index in [-0.39, 0.29) is 31.3 Å². The Kier molecular flexibility index (Phi) is 7.12. The van der Waals surface area contributed by atoms with Crippen molar-refractivity contribution < 1.29 is 27.9 Å². The van der Waals surface area contributed by atoms with Crippen LogP contribution in [0.1, 0.15) is 60.7 Å². The van der Waals surface area contributed by atoms with Gasteiger partial charge in [-0.15, -0.1) is 0 Å². The first-order valence-corrected chi connectivity index (χ1v) is 10.9. The van der Waals surface area contributed by atoms with Gasteiger partial charge in [-0.2, -0.15) is 0 Å². The Bertz CT molecular complexity index is 851. The Labute approximate surface area is 180 Å². The number of rotatable bonds is 6. The summed E-state index contributed by atoms with van der Waals surface area (Å²) >= 11 is 0. The van der Waals surface area contributed by atoms with Gasteiger partial charge < -0.3 is 19.4 Å². The van der Waals surface area contributed by atoms with Gasteiger partial charge in [0.1, 0.15) is 17.7 Å². The number of halogens is 2. The maximum absolute atomic E-state index is 14.7. The van der Waals surface area contributed by atoms with Gasteiger partial charge in [-0.1, -0.05) is 6.92 Å². The van der Waals surface area contributed by atoms with E-state index < -0.39 is 34.6 Å². The summed E-state index contributed by atoms with van der Waals surface area (Å²) in [6, 6.07) is 1.68. The first-order chi connectivity index (χ1) is 14.8. The van der Waals surface area contributed by atoms with Crippen molar-refractivity contribution in [2.75, 3.05) is 32.7 Å². The molecule has 3 amide bonds. The van der Waals surface area contributed by atoms with Crippen molar-refractivity contribution in [1.82, 2.24) is 14.7 Å². The van der Waals surface area contributed by atoms with Gasteiger partial charge in [-0.3, -0.25) is 9.59 Å². The van der Waals surface area contributed by atoms with E-state index in [1.807, 2.05) is 6.92 Å². The van der Waals surface area contributed by atoms with E-state index in [2.05, 4.69) is 0 Å². The van der Waals surface area contributed by atoms with Gasteiger partial charge in [-0.05, 0) is 45.2 Å². The molecule has 2 saturated heterocycles. The summed E-state index contributed by atoms with van der Waals surface area (Å²) in [5.74, 6) is -3.24. The van der Waals surface area contributed by atoms with E-state index in [4.69, 9.17) is 4.74 Å². The van der Waals surface area contributed by atoms with E-state index in [0.29, 0.717) is 32.5 Å². The second kappa shape index (κ2) is 9.62. The lowest BCUT2D eigenvalue weighted by Gasteiger charge is -2.36. The fourth-order valence-electron chi connectivity index (χ4n) is 4.23. The van der Waals surface area contributed by atoms with Crippen LogP contribution in [0.2, 0.25) is 0 Å². The number of nitrogens with zero attached hydrogens (tertiary/aromatic N) is 3. The molecule has 2 aliphatic heterocycles. The summed E-state index contributed by atoms with van der Waals surface area (Å²) in [5, 5.41) is 0. The molecule has 0 spiro atoms. The lowest BCUT2D eigenvalue weighted by atomic mass is 9.99. The van der Waals surface area contributed by atoms with Gasteiger partial charge >= 0.3 is 6.09 Å². The van der Waals surface area contributed by atoms with Crippen LogP contribution in [0.3, 0.4) is 0 Å². The number of likely N-dealkylation sites (tertiary alicyclic amines) is 1. The monoisotopic (exact) mass is 437 g/mol. The summed E-state index contributed by atoms with van der Waals surface area (Å²) in [4.78, 5) is 42.5. The summed E-state index contributed by atoms with van der Waals surface area (Å²) in [6.45, 7) is 7.12.